The number of unbranched alkanes of at least 4 members (excludes halogenated alkanes) is 4. The Morgan fingerprint density at radius 2 is 1.59 bits per heavy atom. The molecule has 0 aromatic heterocycles. The largest absolute Gasteiger partial charge is 0.490 e. The Bertz CT molecular complexity index is 608. The second-order valence-electron chi connectivity index (χ2n) is 6.01. The van der Waals surface area contributed by atoms with Crippen LogP contribution in [0, 0.1) is 0 Å². The molecule has 0 aliphatic rings. The first-order valence-electron chi connectivity index (χ1n) is 8.79. The quantitative estimate of drug-likeness (QED) is 0.159. The number of oxime groups is 1. The van der Waals surface area contributed by atoms with E-state index in [1.54, 1.807) is 18.2 Å². The molecule has 0 saturated heterocycles. The van der Waals surface area contributed by atoms with E-state index in [1.165, 1.54) is 0 Å². The number of halogens is 4. The third kappa shape index (κ3) is 11.7. The van der Waals surface area contributed by atoms with Crippen LogP contribution in [0.2, 0.25) is 10.0 Å². The molecule has 152 valence electrons. The molecule has 0 saturated carbocycles. The zero-order valence-electron chi connectivity index (χ0n) is 15.6. The maximum absolute atomic E-state index is 6.24. The van der Waals surface area contributed by atoms with Crippen LogP contribution in [0.5, 0.6) is 11.5 Å². The van der Waals surface area contributed by atoms with Crippen LogP contribution in [0.15, 0.2) is 27.3 Å². The van der Waals surface area contributed by atoms with E-state index in [2.05, 4.69) is 21.1 Å². The highest BCUT2D eigenvalue weighted by atomic mass is 79.9. The third-order valence-corrected chi connectivity index (χ3v) is 4.37. The van der Waals surface area contributed by atoms with Gasteiger partial charge in [-0.2, -0.15) is 0 Å². The maximum atomic E-state index is 6.24. The van der Waals surface area contributed by atoms with E-state index in [0.29, 0.717) is 45.3 Å². The molecule has 0 radical (unpaired) electrons. The lowest BCUT2D eigenvalue weighted by Gasteiger charge is -2.12. The number of hydrogen-bond donors (Lipinski definition) is 0. The van der Waals surface area contributed by atoms with Gasteiger partial charge in [0.15, 0.2) is 5.75 Å². The lowest BCUT2D eigenvalue weighted by molar-refractivity contribution is 0.139. The first-order valence-corrected chi connectivity index (χ1v) is 10.7. The topological polar surface area (TPSA) is 40.0 Å². The fourth-order valence-electron chi connectivity index (χ4n) is 2.11. The normalized spacial score (nSPS) is 11.3. The molecule has 0 N–H and O–H groups in total. The summed E-state index contributed by atoms with van der Waals surface area (Å²) in [4.78, 5) is 5.16. The summed E-state index contributed by atoms with van der Waals surface area (Å²) in [5, 5.41) is 4.76. The van der Waals surface area contributed by atoms with Crippen molar-refractivity contribution in [3.8, 4) is 11.5 Å². The summed E-state index contributed by atoms with van der Waals surface area (Å²) in [6, 6.07) is 3.36. The zero-order chi connectivity index (χ0) is 20.1. The van der Waals surface area contributed by atoms with Gasteiger partial charge in [-0.25, -0.2) is 0 Å². The number of hydrogen-bond acceptors (Lipinski definition) is 4. The number of nitrogens with zero attached hydrogens (tertiary/aromatic N) is 1. The van der Waals surface area contributed by atoms with Crippen molar-refractivity contribution in [2.75, 3.05) is 19.8 Å². The molecule has 0 fully saturated rings. The van der Waals surface area contributed by atoms with Crippen molar-refractivity contribution in [2.24, 2.45) is 5.16 Å². The zero-order valence-corrected chi connectivity index (χ0v) is 19.4. The van der Waals surface area contributed by atoms with Crippen molar-refractivity contribution < 1.29 is 14.3 Å². The van der Waals surface area contributed by atoms with Crippen LogP contribution in [-0.4, -0.2) is 25.5 Å². The summed E-state index contributed by atoms with van der Waals surface area (Å²) in [6.07, 6.45) is 6.93. The first-order chi connectivity index (χ1) is 12.9. The maximum Gasteiger partial charge on any atom is 0.156 e. The summed E-state index contributed by atoms with van der Waals surface area (Å²) in [6.45, 7) is 5.37. The second kappa shape index (κ2) is 14.4. The molecule has 0 bridgehead atoms. The minimum atomic E-state index is 0.312. The monoisotopic (exact) mass is 499 g/mol. The molecule has 1 aromatic rings. The lowest BCUT2D eigenvalue weighted by atomic mass is 10.1. The predicted molar refractivity (Wildman–Crippen MR) is 118 cm³/mol. The SMILES string of the molecule is CC(C)=NOCCCCCCCOc1c(Cl)cc(OC/C=C(\Cl)Br)cc1Cl. The summed E-state index contributed by atoms with van der Waals surface area (Å²) in [7, 11) is 0. The molecule has 8 heteroatoms. The predicted octanol–water partition coefficient (Wildman–Crippen LogP) is 7.59. The van der Waals surface area contributed by atoms with Gasteiger partial charge in [0.2, 0.25) is 0 Å². The smallest absolute Gasteiger partial charge is 0.156 e. The Balaban J connectivity index is 2.24. The van der Waals surface area contributed by atoms with Crippen molar-refractivity contribution in [1.82, 2.24) is 0 Å². The summed E-state index contributed by atoms with van der Waals surface area (Å²) < 4.78 is 11.7. The van der Waals surface area contributed by atoms with Gasteiger partial charge in [-0.3, -0.25) is 0 Å². The third-order valence-electron chi connectivity index (χ3n) is 3.33. The van der Waals surface area contributed by atoms with Crippen molar-refractivity contribution >= 4 is 56.4 Å². The molecule has 0 atom stereocenters. The van der Waals surface area contributed by atoms with E-state index >= 15 is 0 Å². The molecule has 4 nitrogen and oxygen atoms in total. The van der Waals surface area contributed by atoms with Crippen molar-refractivity contribution in [3.05, 3.63) is 32.2 Å². The van der Waals surface area contributed by atoms with Crippen LogP contribution >= 0.6 is 50.7 Å². The molecule has 0 aliphatic carbocycles. The van der Waals surface area contributed by atoms with Gasteiger partial charge in [0, 0.05) is 12.1 Å². The molecule has 0 aliphatic heterocycles. The molecule has 1 rings (SSSR count). The van der Waals surface area contributed by atoms with Gasteiger partial charge in [0.25, 0.3) is 0 Å². The van der Waals surface area contributed by atoms with Crippen LogP contribution < -0.4 is 9.47 Å². The van der Waals surface area contributed by atoms with E-state index < -0.39 is 0 Å². The van der Waals surface area contributed by atoms with E-state index in [0.717, 1.165) is 37.8 Å². The molecular formula is C19H25BrCl3NO3. The molecule has 0 unspecified atom stereocenters. The highest BCUT2D eigenvalue weighted by Crippen LogP contribution is 2.37. The number of rotatable bonds is 13. The summed E-state index contributed by atoms with van der Waals surface area (Å²) in [5.74, 6) is 1.05. The van der Waals surface area contributed by atoms with Gasteiger partial charge in [-0.1, -0.05) is 52.8 Å². The second-order valence-corrected chi connectivity index (χ2v) is 8.54. The fourth-order valence-corrected chi connectivity index (χ4v) is 2.88. The number of benzene rings is 1. The van der Waals surface area contributed by atoms with Gasteiger partial charge in [0.1, 0.15) is 19.0 Å². The van der Waals surface area contributed by atoms with Gasteiger partial charge < -0.3 is 14.3 Å². The Morgan fingerprint density at radius 3 is 2.19 bits per heavy atom. The van der Waals surface area contributed by atoms with Gasteiger partial charge in [-0.05, 0) is 55.1 Å². The molecular weight excluding hydrogens is 476 g/mol. The highest BCUT2D eigenvalue weighted by molar-refractivity contribution is 9.12. The van der Waals surface area contributed by atoms with E-state index in [-0.39, 0.29) is 0 Å². The standard InChI is InChI=1S/C19H25BrCl3NO3/c1-14(2)24-27-10-7-5-3-4-6-9-26-19-16(21)12-15(13-17(19)22)25-11-8-18(20)23/h8,12-13H,3-7,9-11H2,1-2H3/b18-8-. The molecule has 0 amide bonds. The van der Waals surface area contributed by atoms with E-state index in [1.807, 2.05) is 13.8 Å². The Labute approximate surface area is 184 Å². The van der Waals surface area contributed by atoms with Crippen molar-refractivity contribution in [2.45, 2.75) is 46.0 Å². The Morgan fingerprint density at radius 1 is 1.00 bits per heavy atom. The van der Waals surface area contributed by atoms with E-state index in [9.17, 15) is 0 Å². The van der Waals surface area contributed by atoms with Gasteiger partial charge >= 0.3 is 0 Å². The van der Waals surface area contributed by atoms with Crippen LogP contribution in [0.25, 0.3) is 0 Å². The summed E-state index contributed by atoms with van der Waals surface area (Å²) >= 11 is 21.3. The van der Waals surface area contributed by atoms with Crippen molar-refractivity contribution in [1.29, 1.82) is 0 Å². The lowest BCUT2D eigenvalue weighted by Crippen LogP contribution is -2.00. The van der Waals surface area contributed by atoms with Crippen LogP contribution in [-0.2, 0) is 4.84 Å². The molecule has 0 spiro atoms. The Kier molecular flexibility index (Phi) is 13.0. The molecule has 0 heterocycles. The summed E-state index contributed by atoms with van der Waals surface area (Å²) in [5.41, 5.74) is 0.934. The first kappa shape index (κ1) is 24.4. The van der Waals surface area contributed by atoms with Gasteiger partial charge in [0.05, 0.1) is 26.3 Å². The minimum absolute atomic E-state index is 0.312. The van der Waals surface area contributed by atoms with Crippen LogP contribution in [0.3, 0.4) is 0 Å². The Hall–Kier alpha value is -0.620. The fraction of sp³-hybridized carbons (Fsp3) is 0.526. The van der Waals surface area contributed by atoms with Gasteiger partial charge in [-0.15, -0.1) is 0 Å². The van der Waals surface area contributed by atoms with Crippen LogP contribution in [0.4, 0.5) is 0 Å². The molecule has 27 heavy (non-hydrogen) atoms. The highest BCUT2D eigenvalue weighted by Gasteiger charge is 2.10. The van der Waals surface area contributed by atoms with Crippen molar-refractivity contribution in [3.63, 3.8) is 0 Å². The van der Waals surface area contributed by atoms with Crippen LogP contribution in [0.1, 0.15) is 46.0 Å². The molecule has 1 aromatic carbocycles. The number of ether oxygens (including phenoxy) is 2. The average Bonchev–Trinajstić information content (AvgIpc) is 2.58. The van der Waals surface area contributed by atoms with E-state index in [4.69, 9.17) is 49.1 Å². The average molecular weight is 502 g/mol. The minimum Gasteiger partial charge on any atom is -0.490 e.